The molecular weight excluding hydrogens is 280 g/mol. The minimum atomic E-state index is -0.514. The van der Waals surface area contributed by atoms with E-state index < -0.39 is 11.7 Å². The number of rotatable bonds is 5. The zero-order valence-electron chi connectivity index (χ0n) is 14.4. The van der Waals surface area contributed by atoms with Crippen molar-refractivity contribution in [1.29, 1.82) is 0 Å². The highest BCUT2D eigenvalue weighted by atomic mass is 16.6. The molecule has 0 fully saturated rings. The van der Waals surface area contributed by atoms with Gasteiger partial charge in [-0.15, -0.1) is 0 Å². The van der Waals surface area contributed by atoms with E-state index in [0.29, 0.717) is 13.1 Å². The molecule has 1 aromatic carbocycles. The summed E-state index contributed by atoms with van der Waals surface area (Å²) in [5.41, 5.74) is 7.17. The molecule has 124 valence electrons. The van der Waals surface area contributed by atoms with Gasteiger partial charge in [-0.2, -0.15) is 0 Å². The predicted octanol–water partition coefficient (Wildman–Crippen LogP) is 2.74. The van der Waals surface area contributed by atoms with Crippen LogP contribution < -0.4 is 15.8 Å². The normalized spacial score (nSPS) is 14.1. The summed E-state index contributed by atoms with van der Waals surface area (Å²) < 4.78 is 10.5. The van der Waals surface area contributed by atoms with Crippen molar-refractivity contribution < 1.29 is 14.3 Å². The fourth-order valence-corrected chi connectivity index (χ4v) is 2.13. The average Bonchev–Trinajstić information content (AvgIpc) is 2.43. The van der Waals surface area contributed by atoms with Crippen molar-refractivity contribution in [2.75, 3.05) is 20.2 Å². The van der Waals surface area contributed by atoms with Crippen LogP contribution in [0.15, 0.2) is 18.2 Å². The molecule has 0 saturated carbocycles. The number of ether oxygens (including phenoxy) is 2. The van der Waals surface area contributed by atoms with Gasteiger partial charge in [0.25, 0.3) is 0 Å². The van der Waals surface area contributed by atoms with Gasteiger partial charge in [0.1, 0.15) is 11.4 Å². The lowest BCUT2D eigenvalue weighted by Crippen LogP contribution is -2.45. The summed E-state index contributed by atoms with van der Waals surface area (Å²) in [6.07, 6.45) is -0.433. The van der Waals surface area contributed by atoms with Crippen LogP contribution in [0.4, 0.5) is 4.79 Å². The molecular formula is C17H28N2O3. The monoisotopic (exact) mass is 308 g/mol. The lowest BCUT2D eigenvalue weighted by molar-refractivity contribution is 0.0516. The fourth-order valence-electron chi connectivity index (χ4n) is 2.13. The quantitative estimate of drug-likeness (QED) is 0.877. The Morgan fingerprint density at radius 1 is 1.27 bits per heavy atom. The van der Waals surface area contributed by atoms with Gasteiger partial charge < -0.3 is 20.5 Å². The minimum Gasteiger partial charge on any atom is -0.496 e. The van der Waals surface area contributed by atoms with Crippen LogP contribution in [-0.2, 0) is 10.2 Å². The second-order valence-corrected chi connectivity index (χ2v) is 6.80. The molecule has 1 aromatic rings. The zero-order valence-corrected chi connectivity index (χ0v) is 14.4. The topological polar surface area (TPSA) is 73.6 Å². The Morgan fingerprint density at radius 3 is 2.36 bits per heavy atom. The molecule has 0 heterocycles. The highest BCUT2D eigenvalue weighted by molar-refractivity contribution is 5.67. The Kier molecular flexibility index (Phi) is 5.83. The molecule has 22 heavy (non-hydrogen) atoms. The first-order valence-corrected chi connectivity index (χ1v) is 7.43. The van der Waals surface area contributed by atoms with Gasteiger partial charge in [0.2, 0.25) is 0 Å². The maximum atomic E-state index is 11.8. The number of alkyl carbamates (subject to hydrolysis) is 1. The molecule has 5 heteroatoms. The van der Waals surface area contributed by atoms with E-state index in [1.54, 1.807) is 7.11 Å². The molecule has 1 amide bonds. The minimum absolute atomic E-state index is 0.367. The first-order valence-electron chi connectivity index (χ1n) is 7.43. The van der Waals surface area contributed by atoms with E-state index in [0.717, 1.165) is 16.9 Å². The maximum Gasteiger partial charge on any atom is 0.407 e. The third-order valence-electron chi connectivity index (χ3n) is 3.56. The highest BCUT2D eigenvalue weighted by Gasteiger charge is 2.27. The Morgan fingerprint density at radius 2 is 1.91 bits per heavy atom. The van der Waals surface area contributed by atoms with Gasteiger partial charge in [-0.25, -0.2) is 4.79 Å². The van der Waals surface area contributed by atoms with Crippen molar-refractivity contribution in [1.82, 2.24) is 5.32 Å². The molecule has 5 nitrogen and oxygen atoms in total. The third-order valence-corrected chi connectivity index (χ3v) is 3.56. The van der Waals surface area contributed by atoms with Crippen LogP contribution in [0.5, 0.6) is 5.75 Å². The van der Waals surface area contributed by atoms with E-state index in [1.165, 1.54) is 0 Å². The molecule has 1 atom stereocenters. The number of carbonyl (C=O) groups excluding carboxylic acids is 1. The Balaban J connectivity index is 2.84. The number of nitrogens with two attached hydrogens (primary N) is 1. The summed E-state index contributed by atoms with van der Waals surface area (Å²) in [5.74, 6) is 0.836. The molecule has 0 saturated heterocycles. The number of benzene rings is 1. The van der Waals surface area contributed by atoms with E-state index in [2.05, 4.69) is 5.32 Å². The van der Waals surface area contributed by atoms with Gasteiger partial charge >= 0.3 is 6.09 Å². The van der Waals surface area contributed by atoms with E-state index in [-0.39, 0.29) is 5.41 Å². The largest absolute Gasteiger partial charge is 0.496 e. The lowest BCUT2D eigenvalue weighted by atomic mass is 9.81. The highest BCUT2D eigenvalue weighted by Crippen LogP contribution is 2.27. The van der Waals surface area contributed by atoms with Crippen molar-refractivity contribution in [3.05, 3.63) is 29.3 Å². The zero-order chi connectivity index (χ0) is 17.0. The second-order valence-electron chi connectivity index (χ2n) is 6.80. The van der Waals surface area contributed by atoms with E-state index in [9.17, 15) is 4.79 Å². The number of aryl methyl sites for hydroxylation is 1. The lowest BCUT2D eigenvalue weighted by Gasteiger charge is -2.30. The van der Waals surface area contributed by atoms with Crippen LogP contribution in [0.3, 0.4) is 0 Å². The Bertz CT molecular complexity index is 523. The van der Waals surface area contributed by atoms with Crippen LogP contribution in [-0.4, -0.2) is 31.9 Å². The summed E-state index contributed by atoms with van der Waals surface area (Å²) in [6.45, 7) is 10.3. The van der Waals surface area contributed by atoms with Gasteiger partial charge in [-0.05, 0) is 44.9 Å². The SMILES string of the molecule is COc1ccc(C(C)(CN)CNC(=O)OC(C)(C)C)cc1C. The summed E-state index contributed by atoms with van der Waals surface area (Å²) in [4.78, 5) is 11.8. The number of amides is 1. The molecule has 3 N–H and O–H groups in total. The third kappa shape index (κ3) is 4.91. The Labute approximate surface area is 133 Å². The predicted molar refractivity (Wildman–Crippen MR) is 88.4 cm³/mol. The average molecular weight is 308 g/mol. The molecule has 0 bridgehead atoms. The van der Waals surface area contributed by atoms with Crippen molar-refractivity contribution in [3.63, 3.8) is 0 Å². The summed E-state index contributed by atoms with van der Waals surface area (Å²) in [6, 6.07) is 5.95. The van der Waals surface area contributed by atoms with E-state index in [1.807, 2.05) is 52.8 Å². The van der Waals surface area contributed by atoms with E-state index >= 15 is 0 Å². The molecule has 1 rings (SSSR count). The number of nitrogens with one attached hydrogen (secondary N) is 1. The standard InChI is InChI=1S/C17H28N2O3/c1-12-9-13(7-8-14(12)21-6)17(5,10-18)11-19-15(20)22-16(2,3)4/h7-9H,10-11,18H2,1-6H3,(H,19,20). The van der Waals surface area contributed by atoms with Crippen molar-refractivity contribution in [3.8, 4) is 5.75 Å². The maximum absolute atomic E-state index is 11.8. The number of methoxy groups -OCH3 is 1. The summed E-state index contributed by atoms with van der Waals surface area (Å²) in [5, 5.41) is 2.80. The summed E-state index contributed by atoms with van der Waals surface area (Å²) in [7, 11) is 1.65. The first-order chi connectivity index (χ1) is 10.1. The number of hydrogen-bond donors (Lipinski definition) is 2. The van der Waals surface area contributed by atoms with Gasteiger partial charge in [0.05, 0.1) is 7.11 Å². The van der Waals surface area contributed by atoms with Gasteiger partial charge in [0, 0.05) is 18.5 Å². The fraction of sp³-hybridized carbons (Fsp3) is 0.588. The van der Waals surface area contributed by atoms with Crippen LogP contribution in [0.2, 0.25) is 0 Å². The van der Waals surface area contributed by atoms with E-state index in [4.69, 9.17) is 15.2 Å². The van der Waals surface area contributed by atoms with Gasteiger partial charge in [0.15, 0.2) is 0 Å². The number of hydrogen-bond acceptors (Lipinski definition) is 4. The van der Waals surface area contributed by atoms with Crippen molar-refractivity contribution in [2.24, 2.45) is 5.73 Å². The van der Waals surface area contributed by atoms with Crippen LogP contribution >= 0.6 is 0 Å². The van der Waals surface area contributed by atoms with Gasteiger partial charge in [-0.1, -0.05) is 19.1 Å². The molecule has 0 aliphatic heterocycles. The number of carbonyl (C=O) groups is 1. The Hall–Kier alpha value is -1.75. The van der Waals surface area contributed by atoms with Gasteiger partial charge in [-0.3, -0.25) is 0 Å². The van der Waals surface area contributed by atoms with Crippen LogP contribution in [0, 0.1) is 6.92 Å². The molecule has 0 aromatic heterocycles. The van der Waals surface area contributed by atoms with Crippen LogP contribution in [0.25, 0.3) is 0 Å². The molecule has 0 radical (unpaired) electrons. The smallest absolute Gasteiger partial charge is 0.407 e. The molecule has 0 aliphatic carbocycles. The molecule has 0 spiro atoms. The van der Waals surface area contributed by atoms with Crippen molar-refractivity contribution >= 4 is 6.09 Å². The van der Waals surface area contributed by atoms with Crippen molar-refractivity contribution in [2.45, 2.75) is 45.6 Å². The summed E-state index contributed by atoms with van der Waals surface area (Å²) >= 11 is 0. The first kappa shape index (κ1) is 18.3. The molecule has 0 aliphatic rings. The second kappa shape index (κ2) is 7.01. The molecule has 1 unspecified atom stereocenters. The van der Waals surface area contributed by atoms with Crippen LogP contribution in [0.1, 0.15) is 38.8 Å².